The third-order valence-electron chi connectivity index (χ3n) is 6.05. The molecule has 174 valence electrons. The van der Waals surface area contributed by atoms with Gasteiger partial charge < -0.3 is 14.8 Å². The molecule has 2 aromatic rings. The van der Waals surface area contributed by atoms with Gasteiger partial charge in [-0.2, -0.15) is 15.9 Å². The number of nitrogens with one attached hydrogen (secondary N) is 1. The van der Waals surface area contributed by atoms with Crippen molar-refractivity contribution in [3.05, 3.63) is 68.9 Å². The Bertz CT molecular complexity index is 1220. The van der Waals surface area contributed by atoms with Crippen molar-refractivity contribution in [3.63, 3.8) is 0 Å². The number of carbonyl (C=O) groups is 2. The molecule has 2 aliphatic rings. The summed E-state index contributed by atoms with van der Waals surface area (Å²) in [6, 6.07) is 8.38. The molecule has 1 aromatic heterocycles. The number of carbonyl (C=O) groups excluding carboxylic acids is 2. The molecule has 2 amide bonds. The average Bonchev–Trinajstić information content (AvgIpc) is 3.12. The van der Waals surface area contributed by atoms with Crippen LogP contribution in [0, 0.1) is 17.1 Å². The number of benzene rings is 1. The van der Waals surface area contributed by atoms with Crippen LogP contribution >= 0.6 is 10.6 Å². The van der Waals surface area contributed by atoms with Gasteiger partial charge in [0.15, 0.2) is 0 Å². The summed E-state index contributed by atoms with van der Waals surface area (Å²) in [6.07, 6.45) is 1.35. The van der Waals surface area contributed by atoms with E-state index >= 15 is 0 Å². The van der Waals surface area contributed by atoms with E-state index in [2.05, 4.69) is 5.32 Å². The number of halogens is 1. The van der Waals surface area contributed by atoms with Gasteiger partial charge in [-0.3, -0.25) is 23.5 Å². The van der Waals surface area contributed by atoms with Gasteiger partial charge in [0.2, 0.25) is 0 Å². The topological polar surface area (TPSA) is 136 Å². The van der Waals surface area contributed by atoms with Crippen LogP contribution in [0.4, 0.5) is 4.39 Å². The smallest absolute Gasteiger partial charge is 0.270 e. The number of hydrogen-bond acceptors (Lipinski definition) is 6. The van der Waals surface area contributed by atoms with E-state index in [1.54, 1.807) is 6.07 Å². The van der Waals surface area contributed by atoms with E-state index in [0.29, 0.717) is 24.2 Å². The molecule has 9 nitrogen and oxygen atoms in total. The molecule has 1 atom stereocenters. The first-order valence-electron chi connectivity index (χ1n) is 10.5. The number of nitrogens with zero attached hydrogens (tertiary/aromatic N) is 3. The molecule has 3 heterocycles. The monoisotopic (exact) mass is 474 g/mol. The summed E-state index contributed by atoms with van der Waals surface area (Å²) in [7, 11) is -2.70. The summed E-state index contributed by atoms with van der Waals surface area (Å²) in [5, 5.41) is 11.0. The number of rotatable bonds is 5. The van der Waals surface area contributed by atoms with Gasteiger partial charge in [-0.1, -0.05) is 6.07 Å². The van der Waals surface area contributed by atoms with Crippen LogP contribution in [0.5, 0.6) is 0 Å². The maximum absolute atomic E-state index is 13.7. The second-order valence-electron chi connectivity index (χ2n) is 8.13. The van der Waals surface area contributed by atoms with E-state index in [1.807, 2.05) is 0 Å². The number of aromatic nitrogens is 1. The van der Waals surface area contributed by atoms with E-state index in [9.17, 15) is 27.9 Å². The molecule has 2 aliphatic heterocycles. The fourth-order valence-corrected chi connectivity index (χ4v) is 6.08. The molecule has 1 aromatic carbocycles. The summed E-state index contributed by atoms with van der Waals surface area (Å²) in [6.45, 7) is 0.600. The SMILES string of the molecule is N#Cc1ccc(CNC(=O)c2ccc3n(c2=O)CCN(CC2CCCS2(O)O)C3=O)cc1F. The van der Waals surface area contributed by atoms with E-state index < -0.39 is 27.9 Å². The lowest BCUT2D eigenvalue weighted by Crippen LogP contribution is -2.48. The fraction of sp³-hybridized carbons (Fsp3) is 0.364. The molecule has 0 radical (unpaired) electrons. The predicted octanol–water partition coefficient (Wildman–Crippen LogP) is 2.16. The Kier molecular flexibility index (Phi) is 6.25. The van der Waals surface area contributed by atoms with Crippen LogP contribution in [0.25, 0.3) is 0 Å². The lowest BCUT2D eigenvalue weighted by molar-refractivity contribution is 0.0697. The van der Waals surface area contributed by atoms with Crippen molar-refractivity contribution in [1.82, 2.24) is 14.8 Å². The van der Waals surface area contributed by atoms with Gasteiger partial charge in [0.25, 0.3) is 17.4 Å². The average molecular weight is 475 g/mol. The van der Waals surface area contributed by atoms with Crippen molar-refractivity contribution in [2.75, 3.05) is 18.8 Å². The van der Waals surface area contributed by atoms with Crippen molar-refractivity contribution in [1.29, 1.82) is 5.26 Å². The number of pyridine rings is 1. The van der Waals surface area contributed by atoms with Gasteiger partial charge in [-0.15, -0.1) is 0 Å². The molecule has 0 spiro atoms. The summed E-state index contributed by atoms with van der Waals surface area (Å²) >= 11 is 0. The summed E-state index contributed by atoms with van der Waals surface area (Å²) in [5.41, 5.74) is -0.268. The van der Waals surface area contributed by atoms with Gasteiger partial charge in [-0.25, -0.2) is 4.39 Å². The maximum atomic E-state index is 13.7. The minimum atomic E-state index is -2.70. The Balaban J connectivity index is 1.47. The second kappa shape index (κ2) is 8.97. The third-order valence-corrected chi connectivity index (χ3v) is 8.40. The highest BCUT2D eigenvalue weighted by Crippen LogP contribution is 2.52. The first-order valence-corrected chi connectivity index (χ1v) is 12.2. The van der Waals surface area contributed by atoms with Crippen molar-refractivity contribution in [2.24, 2.45) is 0 Å². The Morgan fingerprint density at radius 2 is 2.03 bits per heavy atom. The standard InChI is InChI=1S/C22H23FN4O5S/c23-18-10-14(3-4-15(18)11-24)12-25-20(28)17-5-6-19-22(30)26(7-8-27(19)21(17)29)13-16-2-1-9-33(16,31)32/h3-6,10,16,31-32H,1-2,7-9,12-13H2,(H,25,28). The molecule has 0 bridgehead atoms. The molecule has 1 fully saturated rings. The third kappa shape index (κ3) is 4.50. The largest absolute Gasteiger partial charge is 0.348 e. The maximum Gasteiger partial charge on any atom is 0.270 e. The highest BCUT2D eigenvalue weighted by molar-refractivity contribution is 8.25. The zero-order valence-electron chi connectivity index (χ0n) is 17.7. The minimum Gasteiger partial charge on any atom is -0.348 e. The van der Waals surface area contributed by atoms with Crippen molar-refractivity contribution >= 4 is 22.4 Å². The summed E-state index contributed by atoms with van der Waals surface area (Å²) in [5.74, 6) is -1.39. The van der Waals surface area contributed by atoms with Gasteiger partial charge in [-0.05, 0) is 42.7 Å². The lowest BCUT2D eigenvalue weighted by atomic mass is 10.1. The van der Waals surface area contributed by atoms with Crippen molar-refractivity contribution in [2.45, 2.75) is 31.2 Å². The first kappa shape index (κ1) is 23.0. The Hall–Kier alpha value is -3.20. The fourth-order valence-electron chi connectivity index (χ4n) is 4.19. The lowest BCUT2D eigenvalue weighted by Gasteiger charge is -2.38. The quantitative estimate of drug-likeness (QED) is 0.608. The van der Waals surface area contributed by atoms with E-state index in [1.165, 1.54) is 33.7 Å². The summed E-state index contributed by atoms with van der Waals surface area (Å²) in [4.78, 5) is 39.8. The summed E-state index contributed by atoms with van der Waals surface area (Å²) < 4.78 is 35.3. The zero-order chi connectivity index (χ0) is 23.8. The van der Waals surface area contributed by atoms with Crippen LogP contribution in [0.15, 0.2) is 35.1 Å². The van der Waals surface area contributed by atoms with Crippen molar-refractivity contribution in [3.8, 4) is 6.07 Å². The van der Waals surface area contributed by atoms with Crippen LogP contribution in [0.3, 0.4) is 0 Å². The molecule has 3 N–H and O–H groups in total. The Morgan fingerprint density at radius 1 is 1.24 bits per heavy atom. The Morgan fingerprint density at radius 3 is 2.70 bits per heavy atom. The van der Waals surface area contributed by atoms with Gasteiger partial charge in [0.05, 0.1) is 10.8 Å². The second-order valence-corrected chi connectivity index (χ2v) is 10.6. The van der Waals surface area contributed by atoms with Crippen LogP contribution in [-0.2, 0) is 13.1 Å². The molecular formula is C22H23FN4O5S. The number of nitriles is 1. The van der Waals surface area contributed by atoms with Crippen LogP contribution in [-0.4, -0.2) is 54.5 Å². The highest BCUT2D eigenvalue weighted by Gasteiger charge is 2.36. The molecule has 0 saturated carbocycles. The predicted molar refractivity (Wildman–Crippen MR) is 120 cm³/mol. The van der Waals surface area contributed by atoms with Crippen LogP contribution in [0.2, 0.25) is 0 Å². The minimum absolute atomic E-state index is 0.0385. The van der Waals surface area contributed by atoms with Gasteiger partial charge in [0, 0.05) is 31.9 Å². The van der Waals surface area contributed by atoms with Gasteiger partial charge >= 0.3 is 0 Å². The molecular weight excluding hydrogens is 451 g/mol. The Labute approximate surface area is 190 Å². The molecule has 1 saturated heterocycles. The normalized spacial score (nSPS) is 20.1. The van der Waals surface area contributed by atoms with E-state index in [0.717, 1.165) is 6.07 Å². The highest BCUT2D eigenvalue weighted by atomic mass is 32.3. The van der Waals surface area contributed by atoms with Crippen LogP contribution in [0.1, 0.15) is 44.8 Å². The molecule has 0 aliphatic carbocycles. The zero-order valence-corrected chi connectivity index (χ0v) is 18.5. The first-order chi connectivity index (χ1) is 15.7. The number of hydrogen-bond donors (Lipinski definition) is 3. The van der Waals surface area contributed by atoms with Gasteiger partial charge in [0.1, 0.15) is 23.1 Å². The molecule has 1 unspecified atom stereocenters. The molecule has 33 heavy (non-hydrogen) atoms. The van der Waals surface area contributed by atoms with E-state index in [-0.39, 0.29) is 54.2 Å². The number of fused-ring (bicyclic) bond motifs is 1. The molecule has 4 rings (SSSR count). The van der Waals surface area contributed by atoms with Crippen molar-refractivity contribution < 1.29 is 23.1 Å². The molecule has 11 heteroatoms. The number of amides is 2. The van der Waals surface area contributed by atoms with E-state index in [4.69, 9.17) is 5.26 Å². The van der Waals surface area contributed by atoms with Crippen LogP contribution < -0.4 is 10.9 Å².